The van der Waals surface area contributed by atoms with E-state index in [1.807, 2.05) is 0 Å². The number of halogens is 4. The lowest BCUT2D eigenvalue weighted by Gasteiger charge is -2.25. The molecule has 0 saturated carbocycles. The zero-order valence-corrected chi connectivity index (χ0v) is 11.7. The highest BCUT2D eigenvalue weighted by atomic mass is 79.9. The minimum absolute atomic E-state index is 0.0209. The van der Waals surface area contributed by atoms with E-state index in [0.29, 0.717) is 10.2 Å². The summed E-state index contributed by atoms with van der Waals surface area (Å²) in [6.45, 7) is 2.00. The molecule has 0 aromatic carbocycles. The average molecular weight is 341 g/mol. The molecule has 2 rings (SSSR count). The molecule has 4 nitrogen and oxygen atoms in total. The van der Waals surface area contributed by atoms with Crippen molar-refractivity contribution < 1.29 is 22.7 Å². The van der Waals surface area contributed by atoms with Crippen molar-refractivity contribution in [1.82, 2.24) is 9.78 Å². The molecule has 0 N–H and O–H groups in total. The Hall–Kier alpha value is -1.05. The Labute approximate surface area is 116 Å². The van der Waals surface area contributed by atoms with Gasteiger partial charge in [0.2, 0.25) is 0 Å². The lowest BCUT2D eigenvalue weighted by molar-refractivity contribution is -0.179. The Morgan fingerprint density at radius 3 is 2.84 bits per heavy atom. The first kappa shape index (κ1) is 14.4. The van der Waals surface area contributed by atoms with Crippen LogP contribution < -0.4 is 0 Å². The van der Waals surface area contributed by atoms with Crippen molar-refractivity contribution >= 4 is 21.9 Å². The van der Waals surface area contributed by atoms with Crippen LogP contribution in [0.1, 0.15) is 29.5 Å². The van der Waals surface area contributed by atoms with E-state index < -0.39 is 18.1 Å². The Balaban J connectivity index is 2.28. The molecule has 1 unspecified atom stereocenters. The van der Waals surface area contributed by atoms with E-state index in [-0.39, 0.29) is 31.7 Å². The minimum Gasteiger partial charge on any atom is -0.461 e. The van der Waals surface area contributed by atoms with Crippen molar-refractivity contribution in [3.8, 4) is 0 Å². The van der Waals surface area contributed by atoms with Gasteiger partial charge < -0.3 is 4.74 Å². The molecule has 0 radical (unpaired) electrons. The largest absolute Gasteiger partial charge is 0.461 e. The van der Waals surface area contributed by atoms with Gasteiger partial charge in [-0.3, -0.25) is 4.68 Å². The number of carbonyl (C=O) groups is 1. The summed E-state index contributed by atoms with van der Waals surface area (Å²) < 4.78 is 44.7. The van der Waals surface area contributed by atoms with Crippen LogP contribution in [0.25, 0.3) is 0 Å². The van der Waals surface area contributed by atoms with Crippen LogP contribution in [0.5, 0.6) is 0 Å². The van der Waals surface area contributed by atoms with E-state index in [4.69, 9.17) is 4.74 Å². The number of nitrogens with zero attached hydrogens (tertiary/aromatic N) is 2. The summed E-state index contributed by atoms with van der Waals surface area (Å²) in [4.78, 5) is 11.6. The van der Waals surface area contributed by atoms with Crippen LogP contribution in [0.2, 0.25) is 0 Å². The summed E-state index contributed by atoms with van der Waals surface area (Å²) >= 11 is 3.15. The Kier molecular flexibility index (Phi) is 3.89. The number of ether oxygens (including phenoxy) is 1. The van der Waals surface area contributed by atoms with E-state index >= 15 is 0 Å². The van der Waals surface area contributed by atoms with Crippen LogP contribution in [0, 0.1) is 5.92 Å². The van der Waals surface area contributed by atoms with E-state index in [9.17, 15) is 18.0 Å². The van der Waals surface area contributed by atoms with Gasteiger partial charge in [0.25, 0.3) is 0 Å². The summed E-state index contributed by atoms with van der Waals surface area (Å²) in [5.41, 5.74) is 0.441. The predicted molar refractivity (Wildman–Crippen MR) is 63.7 cm³/mol. The molecular weight excluding hydrogens is 329 g/mol. The highest BCUT2D eigenvalue weighted by Gasteiger charge is 2.42. The third-order valence-corrected chi connectivity index (χ3v) is 3.89. The van der Waals surface area contributed by atoms with Gasteiger partial charge in [0.05, 0.1) is 22.7 Å². The topological polar surface area (TPSA) is 44.1 Å². The predicted octanol–water partition coefficient (Wildman–Crippen LogP) is 2.95. The second-order valence-corrected chi connectivity index (χ2v) is 5.08. The van der Waals surface area contributed by atoms with Crippen molar-refractivity contribution in [2.45, 2.75) is 32.5 Å². The van der Waals surface area contributed by atoms with Crippen LogP contribution in [0.15, 0.2) is 4.47 Å². The van der Waals surface area contributed by atoms with Gasteiger partial charge in [0, 0.05) is 13.0 Å². The highest BCUT2D eigenvalue weighted by Crippen LogP contribution is 2.37. The first-order chi connectivity index (χ1) is 8.84. The fourth-order valence-corrected chi connectivity index (χ4v) is 2.69. The summed E-state index contributed by atoms with van der Waals surface area (Å²) in [6.07, 6.45) is -4.41. The molecule has 1 aliphatic rings. The number of aryl methyl sites for hydroxylation is 1. The van der Waals surface area contributed by atoms with E-state index in [1.54, 1.807) is 6.92 Å². The molecule has 0 bridgehead atoms. The van der Waals surface area contributed by atoms with Crippen molar-refractivity contribution in [2.24, 2.45) is 5.92 Å². The molecule has 2 heterocycles. The van der Waals surface area contributed by atoms with Gasteiger partial charge in [-0.15, -0.1) is 0 Å². The van der Waals surface area contributed by atoms with Gasteiger partial charge in [-0.2, -0.15) is 18.3 Å². The monoisotopic (exact) mass is 340 g/mol. The van der Waals surface area contributed by atoms with Crippen LogP contribution in [-0.4, -0.2) is 28.5 Å². The molecule has 0 aliphatic carbocycles. The molecular formula is C11H12BrF3N2O2. The fourth-order valence-electron chi connectivity index (χ4n) is 2.08. The Morgan fingerprint density at radius 1 is 1.58 bits per heavy atom. The summed E-state index contributed by atoms with van der Waals surface area (Å²) in [7, 11) is 0. The second-order valence-electron chi connectivity index (χ2n) is 4.28. The molecule has 0 fully saturated rings. The number of alkyl halides is 3. The highest BCUT2D eigenvalue weighted by molar-refractivity contribution is 9.10. The number of fused-ring (bicyclic) bond motifs is 1. The normalized spacial score (nSPS) is 19.1. The summed E-state index contributed by atoms with van der Waals surface area (Å²) in [6, 6.07) is 0. The molecule has 1 aromatic rings. The number of aromatic nitrogens is 2. The zero-order valence-electron chi connectivity index (χ0n) is 10.1. The number of esters is 1. The van der Waals surface area contributed by atoms with Crippen LogP contribution in [0.3, 0.4) is 0 Å². The van der Waals surface area contributed by atoms with Crippen molar-refractivity contribution in [2.75, 3.05) is 6.61 Å². The summed E-state index contributed by atoms with van der Waals surface area (Å²) in [5, 5.41) is 4.01. The Bertz CT molecular complexity index is 499. The van der Waals surface area contributed by atoms with Crippen molar-refractivity contribution in [3.05, 3.63) is 15.9 Å². The van der Waals surface area contributed by atoms with E-state index in [2.05, 4.69) is 21.0 Å². The van der Waals surface area contributed by atoms with Crippen LogP contribution in [0.4, 0.5) is 13.2 Å². The molecule has 1 aromatic heterocycles. The van der Waals surface area contributed by atoms with Crippen molar-refractivity contribution in [1.29, 1.82) is 0 Å². The third-order valence-electron chi connectivity index (χ3n) is 3.05. The maximum absolute atomic E-state index is 12.7. The molecule has 1 aliphatic heterocycles. The first-order valence-corrected chi connectivity index (χ1v) is 6.63. The lowest BCUT2D eigenvalue weighted by Crippen LogP contribution is -2.31. The molecule has 0 spiro atoms. The zero-order chi connectivity index (χ0) is 14.2. The van der Waals surface area contributed by atoms with Gasteiger partial charge in [-0.1, -0.05) is 0 Å². The van der Waals surface area contributed by atoms with Crippen LogP contribution >= 0.6 is 15.9 Å². The maximum atomic E-state index is 12.7. The molecule has 1 atom stereocenters. The maximum Gasteiger partial charge on any atom is 0.392 e. The first-order valence-electron chi connectivity index (χ1n) is 5.83. The minimum atomic E-state index is -4.22. The lowest BCUT2D eigenvalue weighted by atomic mass is 9.95. The quantitative estimate of drug-likeness (QED) is 0.777. The van der Waals surface area contributed by atoms with Gasteiger partial charge >= 0.3 is 12.1 Å². The molecule has 106 valence electrons. The van der Waals surface area contributed by atoms with Gasteiger partial charge in [0.1, 0.15) is 0 Å². The third kappa shape index (κ3) is 2.77. The summed E-state index contributed by atoms with van der Waals surface area (Å²) in [5.74, 6) is -2.01. The van der Waals surface area contributed by atoms with Gasteiger partial charge in [-0.05, 0) is 29.3 Å². The number of hydrogen-bond acceptors (Lipinski definition) is 3. The van der Waals surface area contributed by atoms with E-state index in [1.165, 1.54) is 4.68 Å². The van der Waals surface area contributed by atoms with Gasteiger partial charge in [-0.25, -0.2) is 4.79 Å². The van der Waals surface area contributed by atoms with Crippen molar-refractivity contribution in [3.63, 3.8) is 0 Å². The smallest absolute Gasteiger partial charge is 0.392 e. The average Bonchev–Trinajstić information content (AvgIpc) is 2.66. The molecule has 19 heavy (non-hydrogen) atoms. The standard InChI is InChI=1S/C11H12BrF3N2O2/c1-2-19-10(18)9-8(12)7-5-6(11(13,14)15)3-4-17(7)16-9/h6H,2-5H2,1H3. The van der Waals surface area contributed by atoms with Crippen LogP contribution in [-0.2, 0) is 17.7 Å². The number of rotatable bonds is 2. The number of hydrogen-bond donors (Lipinski definition) is 0. The molecule has 0 saturated heterocycles. The molecule has 8 heteroatoms. The second kappa shape index (κ2) is 5.15. The number of carbonyl (C=O) groups excluding carboxylic acids is 1. The van der Waals surface area contributed by atoms with Gasteiger partial charge in [0.15, 0.2) is 5.69 Å². The SMILES string of the molecule is CCOC(=O)c1nn2c(c1Br)CC(C(F)(F)F)CC2. The Morgan fingerprint density at radius 2 is 2.26 bits per heavy atom. The van der Waals surface area contributed by atoms with E-state index in [0.717, 1.165) is 0 Å². The molecule has 0 amide bonds. The fraction of sp³-hybridized carbons (Fsp3) is 0.636.